The third kappa shape index (κ3) is 2.91. The quantitative estimate of drug-likeness (QED) is 0.623. The van der Waals surface area contributed by atoms with Crippen LogP contribution in [0.4, 0.5) is 0 Å². The maximum Gasteiger partial charge on any atom is 0.325 e. The second-order valence-electron chi connectivity index (χ2n) is 4.29. The summed E-state index contributed by atoms with van der Waals surface area (Å²) >= 11 is 0. The number of hydrogen-bond donors (Lipinski definition) is 0. The number of ether oxygens (including phenoxy) is 1. The number of esters is 1. The van der Waals surface area contributed by atoms with Crippen LogP contribution in [0.2, 0.25) is 0 Å². The highest BCUT2D eigenvalue weighted by atomic mass is 16.5. The zero-order valence-electron chi connectivity index (χ0n) is 10.9. The first-order chi connectivity index (χ1) is 9.11. The average Bonchev–Trinajstić information content (AvgIpc) is 2.86. The molecule has 0 unspecified atom stereocenters. The van der Waals surface area contributed by atoms with Crippen LogP contribution in [0, 0.1) is 6.92 Å². The third-order valence-electron chi connectivity index (χ3n) is 2.90. The van der Waals surface area contributed by atoms with E-state index in [0.717, 1.165) is 5.56 Å². The predicted molar refractivity (Wildman–Crippen MR) is 71.1 cm³/mol. The Morgan fingerprint density at radius 1 is 1.16 bits per heavy atom. The lowest BCUT2D eigenvalue weighted by atomic mass is 10.1. The van der Waals surface area contributed by atoms with Gasteiger partial charge in [0.15, 0.2) is 0 Å². The summed E-state index contributed by atoms with van der Waals surface area (Å²) in [4.78, 5) is 23.6. The maximum absolute atomic E-state index is 12.3. The summed E-state index contributed by atoms with van der Waals surface area (Å²) in [6.07, 6.45) is 1.69. The van der Waals surface area contributed by atoms with E-state index in [1.54, 1.807) is 35.0 Å². The van der Waals surface area contributed by atoms with E-state index in [9.17, 15) is 9.59 Å². The molecule has 1 heterocycles. The molecule has 19 heavy (non-hydrogen) atoms. The number of nitrogens with zero attached hydrogens (tertiary/aromatic N) is 1. The highest BCUT2D eigenvalue weighted by Crippen LogP contribution is 2.12. The maximum atomic E-state index is 12.3. The van der Waals surface area contributed by atoms with Gasteiger partial charge in [-0.25, -0.2) is 0 Å². The Labute approximate surface area is 111 Å². The monoisotopic (exact) mass is 257 g/mol. The van der Waals surface area contributed by atoms with Gasteiger partial charge in [-0.3, -0.25) is 9.59 Å². The molecule has 1 aromatic carbocycles. The van der Waals surface area contributed by atoms with Gasteiger partial charge in [-0.05, 0) is 19.1 Å². The molecule has 0 atom stereocenters. The van der Waals surface area contributed by atoms with E-state index in [4.69, 9.17) is 0 Å². The van der Waals surface area contributed by atoms with Crippen molar-refractivity contribution in [3.05, 3.63) is 59.4 Å². The van der Waals surface area contributed by atoms with Gasteiger partial charge < -0.3 is 9.30 Å². The van der Waals surface area contributed by atoms with Gasteiger partial charge in [0.05, 0.1) is 12.8 Å². The predicted octanol–water partition coefficient (Wildman–Crippen LogP) is 2.20. The van der Waals surface area contributed by atoms with Gasteiger partial charge in [0.1, 0.15) is 6.54 Å². The van der Waals surface area contributed by atoms with Crippen LogP contribution in [0.25, 0.3) is 0 Å². The first-order valence-electron chi connectivity index (χ1n) is 5.95. The number of carbonyl (C=O) groups excluding carboxylic acids is 2. The fourth-order valence-corrected chi connectivity index (χ4v) is 1.81. The minimum atomic E-state index is -0.380. The second kappa shape index (κ2) is 5.52. The first-order valence-corrected chi connectivity index (χ1v) is 5.95. The van der Waals surface area contributed by atoms with Crippen molar-refractivity contribution in [3.8, 4) is 0 Å². The average molecular weight is 257 g/mol. The largest absolute Gasteiger partial charge is 0.468 e. The summed E-state index contributed by atoms with van der Waals surface area (Å²) in [5.74, 6) is -0.483. The van der Waals surface area contributed by atoms with Crippen LogP contribution in [0.1, 0.15) is 21.6 Å². The van der Waals surface area contributed by atoms with E-state index in [2.05, 4.69) is 4.74 Å². The summed E-state index contributed by atoms with van der Waals surface area (Å²) in [5, 5.41) is 0. The van der Waals surface area contributed by atoms with E-state index < -0.39 is 0 Å². The van der Waals surface area contributed by atoms with Crippen molar-refractivity contribution in [3.63, 3.8) is 0 Å². The van der Waals surface area contributed by atoms with Crippen molar-refractivity contribution < 1.29 is 14.3 Å². The normalized spacial score (nSPS) is 10.2. The number of methoxy groups -OCH3 is 1. The number of ketones is 1. The van der Waals surface area contributed by atoms with Crippen molar-refractivity contribution >= 4 is 11.8 Å². The molecule has 0 saturated heterocycles. The SMILES string of the molecule is COC(=O)Cn1cccc1C(=O)c1ccc(C)cc1. The van der Waals surface area contributed by atoms with Crippen molar-refractivity contribution in [2.24, 2.45) is 0 Å². The smallest absolute Gasteiger partial charge is 0.325 e. The molecule has 0 aliphatic carbocycles. The minimum absolute atomic E-state index is 0.0381. The van der Waals surface area contributed by atoms with Gasteiger partial charge in [-0.15, -0.1) is 0 Å². The molecule has 0 aliphatic rings. The van der Waals surface area contributed by atoms with E-state index >= 15 is 0 Å². The second-order valence-corrected chi connectivity index (χ2v) is 4.29. The van der Waals surface area contributed by atoms with Crippen LogP contribution in [0.5, 0.6) is 0 Å². The minimum Gasteiger partial charge on any atom is -0.468 e. The molecule has 0 amide bonds. The topological polar surface area (TPSA) is 48.3 Å². The van der Waals surface area contributed by atoms with Crippen molar-refractivity contribution in [1.82, 2.24) is 4.57 Å². The zero-order chi connectivity index (χ0) is 13.8. The van der Waals surface area contributed by atoms with Gasteiger partial charge in [0.25, 0.3) is 0 Å². The molecule has 0 saturated carbocycles. The Morgan fingerprint density at radius 2 is 1.84 bits per heavy atom. The molecule has 4 heteroatoms. The fourth-order valence-electron chi connectivity index (χ4n) is 1.81. The Hall–Kier alpha value is -2.36. The molecule has 0 spiro atoms. The Kier molecular flexibility index (Phi) is 3.80. The highest BCUT2D eigenvalue weighted by Gasteiger charge is 2.14. The van der Waals surface area contributed by atoms with E-state index in [1.165, 1.54) is 7.11 Å². The van der Waals surface area contributed by atoms with Gasteiger partial charge in [-0.2, -0.15) is 0 Å². The van der Waals surface area contributed by atoms with Crippen molar-refractivity contribution in [2.75, 3.05) is 7.11 Å². The van der Waals surface area contributed by atoms with Gasteiger partial charge in [-0.1, -0.05) is 29.8 Å². The van der Waals surface area contributed by atoms with Crippen LogP contribution < -0.4 is 0 Å². The number of carbonyl (C=O) groups is 2. The first kappa shape index (κ1) is 13.1. The lowest BCUT2D eigenvalue weighted by Crippen LogP contribution is -2.16. The van der Waals surface area contributed by atoms with Crippen LogP contribution in [0.15, 0.2) is 42.6 Å². The molecule has 4 nitrogen and oxygen atoms in total. The van der Waals surface area contributed by atoms with Gasteiger partial charge in [0.2, 0.25) is 5.78 Å². The molecule has 0 fully saturated rings. The lowest BCUT2D eigenvalue weighted by Gasteiger charge is -2.07. The Balaban J connectivity index is 2.27. The lowest BCUT2D eigenvalue weighted by molar-refractivity contribution is -0.141. The van der Waals surface area contributed by atoms with E-state index in [-0.39, 0.29) is 18.3 Å². The third-order valence-corrected chi connectivity index (χ3v) is 2.90. The van der Waals surface area contributed by atoms with Crippen molar-refractivity contribution in [1.29, 1.82) is 0 Å². The van der Waals surface area contributed by atoms with E-state index in [0.29, 0.717) is 11.3 Å². The molecule has 0 bridgehead atoms. The molecular formula is C15H15NO3. The number of hydrogen-bond acceptors (Lipinski definition) is 3. The van der Waals surface area contributed by atoms with Crippen LogP contribution >= 0.6 is 0 Å². The van der Waals surface area contributed by atoms with Crippen LogP contribution in [0.3, 0.4) is 0 Å². The molecule has 0 aliphatic heterocycles. The standard InChI is InChI=1S/C15H15NO3/c1-11-5-7-12(8-6-11)15(18)13-4-3-9-16(13)10-14(17)19-2/h3-9H,10H2,1-2H3. The summed E-state index contributed by atoms with van der Waals surface area (Å²) in [6, 6.07) is 10.8. The fraction of sp³-hybridized carbons (Fsp3) is 0.200. The summed E-state index contributed by atoms with van der Waals surface area (Å²) in [6.45, 7) is 2.00. The Bertz CT molecular complexity index is 596. The van der Waals surface area contributed by atoms with Crippen LogP contribution in [-0.4, -0.2) is 23.4 Å². The van der Waals surface area contributed by atoms with Crippen molar-refractivity contribution in [2.45, 2.75) is 13.5 Å². The molecule has 1 aromatic heterocycles. The molecule has 0 N–H and O–H groups in total. The number of aromatic nitrogens is 1. The summed E-state index contributed by atoms with van der Waals surface area (Å²) in [5.41, 5.74) is 2.19. The highest BCUT2D eigenvalue weighted by molar-refractivity contribution is 6.08. The summed E-state index contributed by atoms with van der Waals surface area (Å²) < 4.78 is 6.20. The molecule has 0 radical (unpaired) electrons. The Morgan fingerprint density at radius 3 is 2.47 bits per heavy atom. The number of benzene rings is 1. The molecule has 2 rings (SSSR count). The summed E-state index contributed by atoms with van der Waals surface area (Å²) in [7, 11) is 1.33. The number of rotatable bonds is 4. The van der Waals surface area contributed by atoms with Crippen LogP contribution in [-0.2, 0) is 16.1 Å². The van der Waals surface area contributed by atoms with E-state index in [1.807, 2.05) is 19.1 Å². The van der Waals surface area contributed by atoms with Gasteiger partial charge >= 0.3 is 5.97 Å². The molecular weight excluding hydrogens is 242 g/mol. The molecule has 98 valence electrons. The number of aryl methyl sites for hydroxylation is 1. The zero-order valence-corrected chi connectivity index (χ0v) is 10.9. The van der Waals surface area contributed by atoms with Gasteiger partial charge in [0, 0.05) is 11.8 Å². The molecule has 2 aromatic rings.